The lowest BCUT2D eigenvalue weighted by Gasteiger charge is -2.42. The Balaban J connectivity index is 0.000000323. The first-order valence-electron chi connectivity index (χ1n) is 20.4. The average Bonchev–Trinajstić information content (AvgIpc) is 3.20. The summed E-state index contributed by atoms with van der Waals surface area (Å²) in [5.41, 5.74) is 8.29. The number of ketones is 2. The molecular weight excluding hydrogens is 803 g/mol. The molecule has 0 saturated heterocycles. The van der Waals surface area contributed by atoms with Gasteiger partial charge < -0.3 is 26.2 Å². The third-order valence-corrected chi connectivity index (χ3v) is 14.3. The summed E-state index contributed by atoms with van der Waals surface area (Å²) in [6, 6.07) is 0. The predicted octanol–water partition coefficient (Wildman–Crippen LogP) is 10.2. The summed E-state index contributed by atoms with van der Waals surface area (Å²) in [5.74, 6) is -0.0341. The van der Waals surface area contributed by atoms with Crippen molar-refractivity contribution in [2.75, 3.05) is 6.54 Å². The first kappa shape index (κ1) is 49.7. The third kappa shape index (κ3) is 11.0. The number of rotatable bonds is 12. The summed E-state index contributed by atoms with van der Waals surface area (Å²) in [5, 5.41) is 42.0. The molecule has 2 aromatic carbocycles. The molecule has 0 heterocycles. The van der Waals surface area contributed by atoms with E-state index in [4.69, 9.17) is 28.9 Å². The van der Waals surface area contributed by atoms with Crippen molar-refractivity contribution in [1.82, 2.24) is 0 Å². The fourth-order valence-electron chi connectivity index (χ4n) is 7.90. The van der Waals surface area contributed by atoms with Crippen molar-refractivity contribution in [3.63, 3.8) is 0 Å². The van der Waals surface area contributed by atoms with Gasteiger partial charge in [-0.2, -0.15) is 0 Å². The molecule has 10 nitrogen and oxygen atoms in total. The Hall–Kier alpha value is -4.67. The Morgan fingerprint density at radius 2 is 1.12 bits per heavy atom. The largest absolute Gasteiger partial charge is 0.507 e. The highest BCUT2D eigenvalue weighted by Gasteiger charge is 2.42. The zero-order valence-corrected chi connectivity index (χ0v) is 38.1. The number of benzene rings is 2. The second-order valence-corrected chi connectivity index (χ2v) is 17.8. The Bertz CT molecular complexity index is 2150. The molecule has 12 heteroatoms. The number of aldehydes is 1. The van der Waals surface area contributed by atoms with Crippen LogP contribution in [0.1, 0.15) is 119 Å². The van der Waals surface area contributed by atoms with Gasteiger partial charge in [-0.05, 0) is 87.2 Å². The van der Waals surface area contributed by atoms with Crippen molar-refractivity contribution >= 4 is 53.2 Å². The van der Waals surface area contributed by atoms with Gasteiger partial charge in [0, 0.05) is 47.6 Å². The number of phenolic OH excluding ortho intramolecular Hbond substituents is 4. The maximum Gasteiger partial charge on any atom is 0.239 e. The van der Waals surface area contributed by atoms with E-state index >= 15 is 0 Å². The number of carbonyl (C=O) groups excluding carboxylic acids is 4. The number of amides is 1. The minimum Gasteiger partial charge on any atom is -0.507 e. The second kappa shape index (κ2) is 20.7. The van der Waals surface area contributed by atoms with Crippen LogP contribution in [0.3, 0.4) is 0 Å². The van der Waals surface area contributed by atoms with Gasteiger partial charge in [0.2, 0.25) is 5.91 Å². The number of hydrogen-bond donors (Lipinski definition) is 5. The highest BCUT2D eigenvalue weighted by Crippen LogP contribution is 2.47. The van der Waals surface area contributed by atoms with Crippen LogP contribution in [-0.2, 0) is 27.2 Å². The van der Waals surface area contributed by atoms with E-state index in [0.717, 1.165) is 24.0 Å². The highest BCUT2D eigenvalue weighted by atomic mass is 35.5. The molecule has 1 amide bonds. The molecule has 60 heavy (non-hydrogen) atoms. The van der Waals surface area contributed by atoms with E-state index in [2.05, 4.69) is 44.8 Å². The van der Waals surface area contributed by atoms with Crippen molar-refractivity contribution in [2.45, 2.75) is 108 Å². The van der Waals surface area contributed by atoms with E-state index in [9.17, 15) is 39.6 Å². The van der Waals surface area contributed by atoms with Gasteiger partial charge in [-0.3, -0.25) is 24.2 Å². The molecule has 2 aliphatic carbocycles. The molecule has 0 unspecified atom stereocenters. The van der Waals surface area contributed by atoms with Gasteiger partial charge in [0.25, 0.3) is 0 Å². The molecular formula is C48H62Cl2N2O8. The topological polar surface area (TPSA) is 188 Å². The molecule has 0 aromatic heterocycles. The number of phenols is 4. The number of aliphatic imine (C=N–C) groups is 1. The lowest BCUT2D eigenvalue weighted by atomic mass is 9.61. The Kier molecular flexibility index (Phi) is 17.2. The van der Waals surface area contributed by atoms with Crippen LogP contribution < -0.4 is 5.73 Å². The number of aromatic hydroxyl groups is 4. The molecule has 2 saturated carbocycles. The minimum absolute atomic E-state index is 0.0283. The fraction of sp³-hybridized carbons (Fsp3) is 0.479. The molecule has 0 bridgehead atoms. The molecule has 2 aromatic rings. The zero-order chi connectivity index (χ0) is 45.4. The average molecular weight is 866 g/mol. The number of halogens is 2. The molecule has 2 fully saturated rings. The maximum atomic E-state index is 12.2. The van der Waals surface area contributed by atoms with Gasteiger partial charge >= 0.3 is 0 Å². The van der Waals surface area contributed by atoms with Gasteiger partial charge in [0.05, 0.1) is 15.6 Å². The van der Waals surface area contributed by atoms with Crippen molar-refractivity contribution in [3.8, 4) is 23.0 Å². The predicted molar refractivity (Wildman–Crippen MR) is 241 cm³/mol. The summed E-state index contributed by atoms with van der Waals surface area (Å²) in [4.78, 5) is 50.5. The molecule has 4 rings (SSSR count). The number of carbonyl (C=O) groups is 4. The van der Waals surface area contributed by atoms with Gasteiger partial charge in [-0.25, -0.2) is 0 Å². The quantitative estimate of drug-likeness (QED) is 0.0792. The molecule has 0 aliphatic heterocycles. The van der Waals surface area contributed by atoms with Crippen LogP contribution in [0, 0.1) is 48.3 Å². The van der Waals surface area contributed by atoms with E-state index in [1.54, 1.807) is 13.8 Å². The Labute approximate surface area is 365 Å². The van der Waals surface area contributed by atoms with E-state index in [1.807, 2.05) is 52.0 Å². The van der Waals surface area contributed by atoms with Crippen LogP contribution in [0.2, 0.25) is 10.0 Å². The maximum absolute atomic E-state index is 12.2. The lowest BCUT2D eigenvalue weighted by molar-refractivity contribution is -0.130. The molecule has 0 spiro atoms. The Morgan fingerprint density at radius 3 is 1.50 bits per heavy atom. The van der Waals surface area contributed by atoms with Gasteiger partial charge in [0.15, 0.2) is 6.29 Å². The third-order valence-electron chi connectivity index (χ3n) is 13.4. The van der Waals surface area contributed by atoms with Crippen LogP contribution in [0.25, 0.3) is 0 Å². The number of allylic oxidation sites excluding steroid dienone is 8. The highest BCUT2D eigenvalue weighted by molar-refractivity contribution is 6.34. The van der Waals surface area contributed by atoms with Crippen LogP contribution >= 0.6 is 23.2 Å². The molecule has 2 aliphatic rings. The normalized spacial score (nSPS) is 25.3. The van der Waals surface area contributed by atoms with Gasteiger partial charge in [-0.1, -0.05) is 112 Å². The summed E-state index contributed by atoms with van der Waals surface area (Å²) in [6.07, 6.45) is 17.3. The first-order valence-corrected chi connectivity index (χ1v) is 21.2. The van der Waals surface area contributed by atoms with Crippen LogP contribution in [-0.4, -0.2) is 56.9 Å². The van der Waals surface area contributed by atoms with Gasteiger partial charge in [-0.15, -0.1) is 0 Å². The monoisotopic (exact) mass is 864 g/mol. The van der Waals surface area contributed by atoms with Crippen LogP contribution in [0.5, 0.6) is 23.0 Å². The molecule has 326 valence electrons. The van der Waals surface area contributed by atoms with Gasteiger partial charge in [0.1, 0.15) is 41.1 Å². The van der Waals surface area contributed by atoms with Crippen molar-refractivity contribution < 1.29 is 39.6 Å². The molecule has 0 radical (unpaired) electrons. The zero-order valence-electron chi connectivity index (χ0n) is 36.6. The lowest BCUT2D eigenvalue weighted by Crippen LogP contribution is -2.40. The minimum atomic E-state index is -0.592. The number of Topliss-reactive ketones (excluding diaryl/α,β-unsaturated/α-hetero) is 2. The second-order valence-electron chi connectivity index (χ2n) is 17.1. The van der Waals surface area contributed by atoms with Crippen LogP contribution in [0.4, 0.5) is 0 Å². The van der Waals surface area contributed by atoms with Crippen molar-refractivity contribution in [2.24, 2.45) is 45.2 Å². The van der Waals surface area contributed by atoms with Crippen molar-refractivity contribution in [3.05, 3.63) is 91.0 Å². The molecule has 6 atom stereocenters. The van der Waals surface area contributed by atoms with E-state index in [0.29, 0.717) is 59.2 Å². The summed E-state index contributed by atoms with van der Waals surface area (Å²) in [6.45, 7) is 19.5. The number of nitrogens with zero attached hydrogens (tertiary/aromatic N) is 1. The van der Waals surface area contributed by atoms with Crippen LogP contribution in [0.15, 0.2) is 52.6 Å². The summed E-state index contributed by atoms with van der Waals surface area (Å²) in [7, 11) is 0. The molecule has 6 N–H and O–H groups in total. The number of nitrogens with two attached hydrogens (primary N) is 1. The van der Waals surface area contributed by atoms with E-state index in [-0.39, 0.29) is 91.8 Å². The van der Waals surface area contributed by atoms with E-state index in [1.165, 1.54) is 6.21 Å². The standard InChI is InChI=1S/C25H33ClN2O4.C23H29ClO4/c1-14(10-11-25(5)15(2)7-9-20(29)17(25)4)6-8-18-23(31)19(12-28-13-21(27)30)16(3)22(26)24(18)32;1-13(10-11-23(5)14(2)7-9-19(26)16(23)4)6-8-17-21(27)18(12-25)15(3)20(24)22(17)28/h6,10-12,15,17,31-32H,7-9,13H2,1-5H3,(H2,27,30);6,10-12,14,16,27-28H,7-9H2,1-5H3/b11-10+,14-6+,28-12?;11-10+,13-6+/t15-,17+,25+;14-,16+,23+/m11/s1. The van der Waals surface area contributed by atoms with Crippen molar-refractivity contribution in [1.29, 1.82) is 0 Å². The Morgan fingerprint density at radius 1 is 0.733 bits per heavy atom. The summed E-state index contributed by atoms with van der Waals surface area (Å²) < 4.78 is 0. The number of primary amides is 1. The smallest absolute Gasteiger partial charge is 0.239 e. The fourth-order valence-corrected chi connectivity index (χ4v) is 8.33. The summed E-state index contributed by atoms with van der Waals surface area (Å²) >= 11 is 12.4. The number of hydrogen-bond acceptors (Lipinski definition) is 9. The SMILES string of the molecule is CC(/C=C/[C@@]1(C)[C@H](C)CCC(=O)[C@@H]1C)=C\Cc1c(O)c(Cl)c(C)c(C=NCC(N)=O)c1O.CC(/C=C/[C@@]1(C)[C@H](C)CCC(=O)[C@@H]1C)=C\Cc1c(O)c(Cl)c(C)c(C=O)c1O. The first-order chi connectivity index (χ1) is 27.9. The van der Waals surface area contributed by atoms with E-state index < -0.39 is 5.91 Å².